The van der Waals surface area contributed by atoms with Crippen LogP contribution in [0.4, 0.5) is 0 Å². The van der Waals surface area contributed by atoms with Crippen LogP contribution in [0.3, 0.4) is 0 Å². The minimum Gasteiger partial charge on any atom is -0.507 e. The predicted molar refractivity (Wildman–Crippen MR) is 117 cm³/mol. The Hall–Kier alpha value is -4.31. The lowest BCUT2D eigenvalue weighted by atomic mass is 10.0. The van der Waals surface area contributed by atoms with Gasteiger partial charge in [0.05, 0.1) is 23.7 Å². The molecule has 0 bridgehead atoms. The van der Waals surface area contributed by atoms with Gasteiger partial charge in [0, 0.05) is 12.4 Å². The third-order valence-corrected chi connectivity index (χ3v) is 5.08. The summed E-state index contributed by atoms with van der Waals surface area (Å²) in [5.74, 6) is -0.0459. The van der Waals surface area contributed by atoms with Gasteiger partial charge in [-0.3, -0.25) is 0 Å². The van der Waals surface area contributed by atoms with Gasteiger partial charge in [-0.15, -0.1) is 0 Å². The molecule has 0 aliphatic heterocycles. The molecule has 7 heteroatoms. The predicted octanol–water partition coefficient (Wildman–Crippen LogP) is 4.38. The lowest BCUT2D eigenvalue weighted by Crippen LogP contribution is -2.10. The number of imidazole rings is 1. The highest BCUT2D eigenvalue weighted by Gasteiger charge is 2.19. The van der Waals surface area contributed by atoms with Crippen molar-refractivity contribution < 1.29 is 19.4 Å². The molecule has 4 aromatic rings. The third-order valence-electron chi connectivity index (χ3n) is 5.08. The number of hydrogen-bond donors (Lipinski definition) is 1. The number of para-hydroxylation sites is 2. The van der Waals surface area contributed by atoms with E-state index in [0.29, 0.717) is 28.0 Å². The number of nitriles is 1. The molecule has 0 amide bonds. The van der Waals surface area contributed by atoms with E-state index in [9.17, 15) is 15.2 Å². The standard InChI is InChI=1S/C24H19N3O4/c1-27-20-10-6-5-9-19(20)26-23(27)18(13-25)21(28)14-31-24(29)17-11-12-22(30-2)16-8-4-3-7-15(16)17/h3-12,28H,14H2,1-2H3/b21-18-. The largest absolute Gasteiger partial charge is 0.507 e. The van der Waals surface area contributed by atoms with E-state index in [-0.39, 0.29) is 11.3 Å². The first-order valence-electron chi connectivity index (χ1n) is 9.52. The smallest absolute Gasteiger partial charge is 0.339 e. The molecule has 154 valence electrons. The van der Waals surface area contributed by atoms with E-state index < -0.39 is 12.6 Å². The number of aromatic nitrogens is 2. The minimum atomic E-state index is -0.618. The van der Waals surface area contributed by atoms with Gasteiger partial charge in [-0.1, -0.05) is 36.4 Å². The highest BCUT2D eigenvalue weighted by Crippen LogP contribution is 2.29. The van der Waals surface area contributed by atoms with Crippen molar-refractivity contribution in [3.05, 3.63) is 77.8 Å². The van der Waals surface area contributed by atoms with Gasteiger partial charge in [0.1, 0.15) is 24.0 Å². The van der Waals surface area contributed by atoms with Gasteiger partial charge < -0.3 is 19.1 Å². The van der Waals surface area contributed by atoms with Crippen LogP contribution in [-0.4, -0.2) is 34.3 Å². The summed E-state index contributed by atoms with van der Waals surface area (Å²) in [7, 11) is 3.32. The molecule has 1 heterocycles. The number of rotatable bonds is 5. The molecule has 0 radical (unpaired) electrons. The van der Waals surface area contributed by atoms with Crippen LogP contribution in [-0.2, 0) is 11.8 Å². The number of carbonyl (C=O) groups is 1. The van der Waals surface area contributed by atoms with Crippen LogP contribution in [0.2, 0.25) is 0 Å². The number of aliphatic hydroxyl groups excluding tert-OH is 1. The van der Waals surface area contributed by atoms with Gasteiger partial charge in [-0.25, -0.2) is 9.78 Å². The summed E-state index contributed by atoms with van der Waals surface area (Å²) in [6.45, 7) is -0.453. The fourth-order valence-electron chi connectivity index (χ4n) is 3.52. The molecule has 7 nitrogen and oxygen atoms in total. The number of carbonyl (C=O) groups excluding carboxylic acids is 1. The van der Waals surface area contributed by atoms with Crippen LogP contribution >= 0.6 is 0 Å². The van der Waals surface area contributed by atoms with Gasteiger partial charge in [-0.05, 0) is 29.7 Å². The van der Waals surface area contributed by atoms with E-state index in [2.05, 4.69) is 4.98 Å². The van der Waals surface area contributed by atoms with E-state index in [1.807, 2.05) is 48.5 Å². The Morgan fingerprint density at radius 3 is 2.52 bits per heavy atom. The number of esters is 1. The highest BCUT2D eigenvalue weighted by atomic mass is 16.5. The molecule has 0 atom stereocenters. The van der Waals surface area contributed by atoms with Gasteiger partial charge in [0.15, 0.2) is 11.6 Å². The lowest BCUT2D eigenvalue weighted by molar-refractivity contribution is 0.0505. The van der Waals surface area contributed by atoms with Gasteiger partial charge in [0.25, 0.3) is 0 Å². The third kappa shape index (κ3) is 3.55. The Balaban J connectivity index is 1.63. The second kappa shape index (κ2) is 8.20. The van der Waals surface area contributed by atoms with Crippen molar-refractivity contribution in [2.45, 2.75) is 0 Å². The first-order valence-corrected chi connectivity index (χ1v) is 9.52. The SMILES string of the molecule is COc1ccc(C(=O)OC/C(O)=C(\C#N)c2nc3ccccc3n2C)c2ccccc12. The Kier molecular flexibility index (Phi) is 5.29. The molecule has 1 N–H and O–H groups in total. The molecular formula is C24H19N3O4. The second-order valence-corrected chi connectivity index (χ2v) is 6.85. The quantitative estimate of drug-likeness (QED) is 0.296. The van der Waals surface area contributed by atoms with Crippen LogP contribution in [0.15, 0.2) is 66.4 Å². The Morgan fingerprint density at radius 2 is 1.81 bits per heavy atom. The van der Waals surface area contributed by atoms with Crippen LogP contribution in [0.5, 0.6) is 5.75 Å². The molecular weight excluding hydrogens is 394 g/mol. The van der Waals surface area contributed by atoms with E-state index in [1.165, 1.54) is 0 Å². The molecule has 31 heavy (non-hydrogen) atoms. The molecule has 0 saturated heterocycles. The van der Waals surface area contributed by atoms with Crippen LogP contribution < -0.4 is 4.74 Å². The maximum absolute atomic E-state index is 12.7. The number of methoxy groups -OCH3 is 1. The zero-order valence-electron chi connectivity index (χ0n) is 17.0. The summed E-state index contributed by atoms with van der Waals surface area (Å²) in [5.41, 5.74) is 1.80. The van der Waals surface area contributed by atoms with Crippen molar-refractivity contribution in [2.24, 2.45) is 7.05 Å². The van der Waals surface area contributed by atoms with Crippen molar-refractivity contribution in [3.8, 4) is 11.8 Å². The van der Waals surface area contributed by atoms with Crippen molar-refractivity contribution >= 4 is 33.3 Å². The van der Waals surface area contributed by atoms with E-state index in [1.54, 1.807) is 36.9 Å². The van der Waals surface area contributed by atoms with E-state index in [4.69, 9.17) is 9.47 Å². The fraction of sp³-hybridized carbons (Fsp3) is 0.125. The van der Waals surface area contributed by atoms with Crippen molar-refractivity contribution in [1.29, 1.82) is 5.26 Å². The number of allylic oxidation sites excluding steroid dienone is 1. The number of fused-ring (bicyclic) bond motifs is 2. The van der Waals surface area contributed by atoms with E-state index >= 15 is 0 Å². The zero-order valence-corrected chi connectivity index (χ0v) is 17.0. The first-order chi connectivity index (χ1) is 15.0. The maximum Gasteiger partial charge on any atom is 0.339 e. The molecule has 0 aliphatic carbocycles. The van der Waals surface area contributed by atoms with Gasteiger partial charge in [-0.2, -0.15) is 5.26 Å². The summed E-state index contributed by atoms with van der Waals surface area (Å²) in [6.07, 6.45) is 0. The number of benzene rings is 3. The number of aliphatic hydroxyl groups is 1. The second-order valence-electron chi connectivity index (χ2n) is 6.85. The summed E-state index contributed by atoms with van der Waals surface area (Å²) >= 11 is 0. The number of ether oxygens (including phenoxy) is 2. The summed E-state index contributed by atoms with van der Waals surface area (Å²) in [4.78, 5) is 17.1. The molecule has 0 fully saturated rings. The van der Waals surface area contributed by atoms with Crippen LogP contribution in [0.1, 0.15) is 16.2 Å². The topological polar surface area (TPSA) is 97.4 Å². The van der Waals surface area contributed by atoms with Crippen molar-refractivity contribution in [1.82, 2.24) is 9.55 Å². The number of aryl methyl sites for hydroxylation is 1. The van der Waals surface area contributed by atoms with Gasteiger partial charge in [0.2, 0.25) is 0 Å². The summed E-state index contributed by atoms with van der Waals surface area (Å²) in [5, 5.41) is 21.6. The highest BCUT2D eigenvalue weighted by molar-refractivity contribution is 6.06. The Labute approximate surface area is 178 Å². The average Bonchev–Trinajstić information content (AvgIpc) is 3.13. The summed E-state index contributed by atoms with van der Waals surface area (Å²) < 4.78 is 12.4. The molecule has 0 unspecified atom stereocenters. The monoisotopic (exact) mass is 413 g/mol. The molecule has 0 aliphatic rings. The Morgan fingerprint density at radius 1 is 1.10 bits per heavy atom. The fourth-order valence-corrected chi connectivity index (χ4v) is 3.52. The first kappa shape index (κ1) is 20.0. The molecule has 0 spiro atoms. The maximum atomic E-state index is 12.7. The summed E-state index contributed by atoms with van der Waals surface area (Å²) in [6, 6.07) is 20.0. The number of hydrogen-bond acceptors (Lipinski definition) is 6. The van der Waals surface area contributed by atoms with E-state index in [0.717, 1.165) is 10.9 Å². The van der Waals surface area contributed by atoms with Crippen LogP contribution in [0.25, 0.3) is 27.4 Å². The molecule has 0 saturated carbocycles. The normalized spacial score (nSPS) is 11.8. The minimum absolute atomic E-state index is 0.0499. The van der Waals surface area contributed by atoms with Crippen molar-refractivity contribution in [3.63, 3.8) is 0 Å². The van der Waals surface area contributed by atoms with Crippen LogP contribution in [0, 0.1) is 11.3 Å². The molecule has 4 rings (SSSR count). The van der Waals surface area contributed by atoms with Gasteiger partial charge >= 0.3 is 5.97 Å². The molecule has 3 aromatic carbocycles. The number of nitrogens with zero attached hydrogens (tertiary/aromatic N) is 3. The molecule has 1 aromatic heterocycles. The average molecular weight is 413 g/mol. The zero-order chi connectivity index (χ0) is 22.0. The van der Waals surface area contributed by atoms with Crippen molar-refractivity contribution in [2.75, 3.05) is 13.7 Å². The Bertz CT molecular complexity index is 1380. The lowest BCUT2D eigenvalue weighted by Gasteiger charge is -2.11.